The molecule has 2 aromatic carbocycles. The van der Waals surface area contributed by atoms with Crippen LogP contribution in [0.3, 0.4) is 0 Å². The largest absolute Gasteiger partial charge is 0.480 e. The molecular formula is C18H13N3O3. The van der Waals surface area contributed by atoms with Gasteiger partial charge in [0, 0.05) is 12.0 Å². The molecule has 2 rings (SSSR count). The maximum Gasteiger partial charge on any atom is 0.326 e. The van der Waals surface area contributed by atoms with Crippen LogP contribution in [0, 0.1) is 22.7 Å². The van der Waals surface area contributed by atoms with Crippen LogP contribution in [0.2, 0.25) is 0 Å². The predicted molar refractivity (Wildman–Crippen MR) is 84.9 cm³/mol. The molecule has 0 aromatic heterocycles. The molecule has 6 nitrogen and oxygen atoms in total. The van der Waals surface area contributed by atoms with Gasteiger partial charge in [0.15, 0.2) is 0 Å². The molecule has 2 aromatic rings. The second-order valence-corrected chi connectivity index (χ2v) is 5.03. The first-order chi connectivity index (χ1) is 11.5. The summed E-state index contributed by atoms with van der Waals surface area (Å²) >= 11 is 0. The number of carboxylic acids is 1. The number of benzene rings is 2. The fraction of sp³-hybridized carbons (Fsp3) is 0.111. The smallest absolute Gasteiger partial charge is 0.326 e. The third kappa shape index (κ3) is 3.96. The highest BCUT2D eigenvalue weighted by atomic mass is 16.4. The maximum absolute atomic E-state index is 12.2. The Morgan fingerprint density at radius 1 is 1.04 bits per heavy atom. The zero-order valence-electron chi connectivity index (χ0n) is 12.6. The molecule has 0 aliphatic carbocycles. The van der Waals surface area contributed by atoms with Crippen LogP contribution < -0.4 is 5.32 Å². The number of hydrogen-bond acceptors (Lipinski definition) is 4. The van der Waals surface area contributed by atoms with Crippen LogP contribution >= 0.6 is 0 Å². The lowest BCUT2D eigenvalue weighted by Gasteiger charge is -2.15. The Hall–Kier alpha value is -3.64. The summed E-state index contributed by atoms with van der Waals surface area (Å²) in [5, 5.41) is 29.6. The van der Waals surface area contributed by atoms with Gasteiger partial charge in [0.05, 0.1) is 23.3 Å². The second kappa shape index (κ2) is 7.57. The molecule has 118 valence electrons. The highest BCUT2D eigenvalue weighted by molar-refractivity contribution is 5.96. The first-order valence-corrected chi connectivity index (χ1v) is 7.07. The molecule has 0 aliphatic heterocycles. The Balaban J connectivity index is 2.16. The van der Waals surface area contributed by atoms with Crippen LogP contribution in [0.25, 0.3) is 0 Å². The van der Waals surface area contributed by atoms with E-state index < -0.39 is 17.9 Å². The third-order valence-corrected chi connectivity index (χ3v) is 3.44. The van der Waals surface area contributed by atoms with E-state index in [-0.39, 0.29) is 12.0 Å². The number of carboxylic acid groups (broad SMARTS) is 1. The van der Waals surface area contributed by atoms with Gasteiger partial charge in [0.2, 0.25) is 0 Å². The van der Waals surface area contributed by atoms with Gasteiger partial charge in [-0.15, -0.1) is 0 Å². The molecule has 0 saturated heterocycles. The van der Waals surface area contributed by atoms with Gasteiger partial charge in [-0.25, -0.2) is 4.79 Å². The van der Waals surface area contributed by atoms with Gasteiger partial charge in [-0.2, -0.15) is 10.5 Å². The maximum atomic E-state index is 12.2. The number of rotatable bonds is 5. The Morgan fingerprint density at radius 2 is 1.71 bits per heavy atom. The second-order valence-electron chi connectivity index (χ2n) is 5.03. The van der Waals surface area contributed by atoms with E-state index in [9.17, 15) is 14.7 Å². The summed E-state index contributed by atoms with van der Waals surface area (Å²) in [5.41, 5.74) is 1.59. The fourth-order valence-corrected chi connectivity index (χ4v) is 2.17. The molecule has 2 N–H and O–H groups in total. The summed E-state index contributed by atoms with van der Waals surface area (Å²) < 4.78 is 0. The Morgan fingerprint density at radius 3 is 2.29 bits per heavy atom. The van der Waals surface area contributed by atoms with Crippen LogP contribution in [0.1, 0.15) is 27.0 Å². The van der Waals surface area contributed by atoms with E-state index in [4.69, 9.17) is 10.5 Å². The minimum atomic E-state index is -1.19. The molecule has 0 spiro atoms. The Kier molecular flexibility index (Phi) is 5.28. The lowest BCUT2D eigenvalue weighted by Crippen LogP contribution is -2.42. The van der Waals surface area contributed by atoms with Crippen molar-refractivity contribution in [3.63, 3.8) is 0 Å². The molecule has 0 radical (unpaired) electrons. The number of nitriles is 2. The summed E-state index contributed by atoms with van der Waals surface area (Å²) in [4.78, 5) is 23.6. The van der Waals surface area contributed by atoms with E-state index in [2.05, 4.69) is 5.32 Å². The fourth-order valence-electron chi connectivity index (χ4n) is 2.17. The van der Waals surface area contributed by atoms with Crippen molar-refractivity contribution in [3.8, 4) is 12.1 Å². The van der Waals surface area contributed by atoms with E-state index >= 15 is 0 Å². The van der Waals surface area contributed by atoms with E-state index in [1.54, 1.807) is 24.3 Å². The molecule has 0 saturated carbocycles. The number of carbonyl (C=O) groups excluding carboxylic acids is 1. The van der Waals surface area contributed by atoms with E-state index in [0.29, 0.717) is 16.7 Å². The van der Waals surface area contributed by atoms with Crippen molar-refractivity contribution in [3.05, 3.63) is 70.8 Å². The summed E-state index contributed by atoms with van der Waals surface area (Å²) in [6.45, 7) is 0. The Bertz CT molecular complexity index is 845. The zero-order valence-corrected chi connectivity index (χ0v) is 12.6. The number of hydrogen-bond donors (Lipinski definition) is 2. The van der Waals surface area contributed by atoms with Crippen molar-refractivity contribution in [2.45, 2.75) is 12.5 Å². The minimum absolute atomic E-state index is 0.00108. The molecule has 24 heavy (non-hydrogen) atoms. The number of nitrogens with one attached hydrogen (secondary N) is 1. The lowest BCUT2D eigenvalue weighted by atomic mass is 10.0. The average Bonchev–Trinajstić information content (AvgIpc) is 2.61. The molecular weight excluding hydrogens is 306 g/mol. The molecule has 6 heteroatoms. The molecule has 0 heterocycles. The quantitative estimate of drug-likeness (QED) is 0.873. The summed E-state index contributed by atoms with van der Waals surface area (Å²) in [6.07, 6.45) is 0.00108. The first-order valence-electron chi connectivity index (χ1n) is 7.07. The van der Waals surface area contributed by atoms with E-state index in [1.165, 1.54) is 24.3 Å². The van der Waals surface area contributed by atoms with Crippen molar-refractivity contribution >= 4 is 11.9 Å². The van der Waals surface area contributed by atoms with Crippen molar-refractivity contribution in [1.82, 2.24) is 5.32 Å². The number of nitrogens with zero attached hydrogens (tertiary/aromatic N) is 2. The topological polar surface area (TPSA) is 114 Å². The lowest BCUT2D eigenvalue weighted by molar-refractivity contribution is -0.139. The van der Waals surface area contributed by atoms with Gasteiger partial charge in [-0.05, 0) is 35.9 Å². The molecule has 0 bridgehead atoms. The molecule has 0 aliphatic rings. The highest BCUT2D eigenvalue weighted by Gasteiger charge is 2.22. The monoisotopic (exact) mass is 319 g/mol. The standard InChI is InChI=1S/C18H13N3O3/c19-10-12-5-7-13(8-6-12)17(22)21-16(18(23)24)9-14-3-1-2-4-15(14)11-20/h1-8,16H,9H2,(H,21,22)(H,23,24)/t16-/m1/s1. The van der Waals surface area contributed by atoms with Crippen LogP contribution in [0.5, 0.6) is 0 Å². The summed E-state index contributed by atoms with van der Waals surface area (Å²) in [7, 11) is 0. The van der Waals surface area contributed by atoms with Gasteiger partial charge in [0.1, 0.15) is 6.04 Å². The zero-order chi connectivity index (χ0) is 17.5. The normalized spacial score (nSPS) is 10.9. The van der Waals surface area contributed by atoms with Crippen LogP contribution in [-0.2, 0) is 11.2 Å². The van der Waals surface area contributed by atoms with Crippen LogP contribution in [0.15, 0.2) is 48.5 Å². The van der Waals surface area contributed by atoms with Gasteiger partial charge >= 0.3 is 5.97 Å². The van der Waals surface area contributed by atoms with Crippen molar-refractivity contribution < 1.29 is 14.7 Å². The highest BCUT2D eigenvalue weighted by Crippen LogP contribution is 2.11. The summed E-state index contributed by atoms with van der Waals surface area (Å²) in [6, 6.07) is 15.3. The number of aliphatic carboxylic acids is 1. The number of carbonyl (C=O) groups is 2. The van der Waals surface area contributed by atoms with Gasteiger partial charge < -0.3 is 10.4 Å². The molecule has 0 fully saturated rings. The van der Waals surface area contributed by atoms with Gasteiger partial charge in [-0.1, -0.05) is 18.2 Å². The van der Waals surface area contributed by atoms with Crippen LogP contribution in [-0.4, -0.2) is 23.0 Å². The van der Waals surface area contributed by atoms with Gasteiger partial charge in [-0.3, -0.25) is 4.79 Å². The molecule has 0 unspecified atom stereocenters. The van der Waals surface area contributed by atoms with Crippen LogP contribution in [0.4, 0.5) is 0 Å². The van der Waals surface area contributed by atoms with E-state index in [0.717, 1.165) is 0 Å². The SMILES string of the molecule is N#Cc1ccc(C(=O)N[C@H](Cc2ccccc2C#N)C(=O)O)cc1. The number of amides is 1. The summed E-state index contributed by atoms with van der Waals surface area (Å²) in [5.74, 6) is -1.74. The minimum Gasteiger partial charge on any atom is -0.480 e. The van der Waals surface area contributed by atoms with Gasteiger partial charge in [0.25, 0.3) is 5.91 Å². The molecule has 1 atom stereocenters. The first kappa shape index (κ1) is 16.7. The van der Waals surface area contributed by atoms with E-state index in [1.807, 2.05) is 12.1 Å². The predicted octanol–water partition coefficient (Wildman–Crippen LogP) is 1.86. The van der Waals surface area contributed by atoms with Crippen molar-refractivity contribution in [1.29, 1.82) is 10.5 Å². The third-order valence-electron chi connectivity index (χ3n) is 3.44. The average molecular weight is 319 g/mol. The Labute approximate surface area is 138 Å². The molecule has 1 amide bonds. The van der Waals surface area contributed by atoms with Crippen molar-refractivity contribution in [2.24, 2.45) is 0 Å². The van der Waals surface area contributed by atoms with Crippen molar-refractivity contribution in [2.75, 3.05) is 0 Å².